The number of hydrogen-bond acceptors (Lipinski definition) is 3. The number of nitrogens with one attached hydrogen (secondary N) is 2. The van der Waals surface area contributed by atoms with E-state index < -0.39 is 0 Å². The van der Waals surface area contributed by atoms with Gasteiger partial charge in [-0.2, -0.15) is 0 Å². The van der Waals surface area contributed by atoms with Crippen LogP contribution in [0.3, 0.4) is 0 Å². The highest BCUT2D eigenvalue weighted by atomic mass is 16.2. The summed E-state index contributed by atoms with van der Waals surface area (Å²) in [6.45, 7) is 1.78. The molecule has 24 heavy (non-hydrogen) atoms. The minimum absolute atomic E-state index is 0.0308. The summed E-state index contributed by atoms with van der Waals surface area (Å²) in [6.07, 6.45) is 0. The molecule has 5 heteroatoms. The third-order valence-electron chi connectivity index (χ3n) is 4.06. The van der Waals surface area contributed by atoms with E-state index >= 15 is 0 Å². The van der Waals surface area contributed by atoms with Crippen LogP contribution in [0.15, 0.2) is 60.7 Å². The molecule has 0 bridgehead atoms. The molecule has 1 heterocycles. The predicted octanol–water partition coefficient (Wildman–Crippen LogP) is 1.32. The molecule has 2 amide bonds. The van der Waals surface area contributed by atoms with Gasteiger partial charge in [0.2, 0.25) is 11.8 Å². The van der Waals surface area contributed by atoms with Gasteiger partial charge in [-0.15, -0.1) is 0 Å². The maximum atomic E-state index is 12.5. The molecule has 2 aromatic carbocycles. The van der Waals surface area contributed by atoms with Crippen LogP contribution in [0.4, 0.5) is 0 Å². The molecule has 5 nitrogen and oxygen atoms in total. The topological polar surface area (TPSA) is 61.4 Å². The lowest BCUT2D eigenvalue weighted by molar-refractivity contribution is -0.127. The summed E-state index contributed by atoms with van der Waals surface area (Å²) in [7, 11) is 0. The van der Waals surface area contributed by atoms with Crippen molar-refractivity contribution >= 4 is 11.8 Å². The summed E-state index contributed by atoms with van der Waals surface area (Å²) in [5, 5.41) is 5.86. The summed E-state index contributed by atoms with van der Waals surface area (Å²) in [6, 6.07) is 19.6. The van der Waals surface area contributed by atoms with Crippen molar-refractivity contribution in [2.24, 2.45) is 0 Å². The number of nitrogens with zero attached hydrogens (tertiary/aromatic N) is 1. The van der Waals surface area contributed by atoms with Crippen LogP contribution in [0.1, 0.15) is 17.2 Å². The fraction of sp³-hybridized carbons (Fsp3) is 0.263. The van der Waals surface area contributed by atoms with E-state index in [1.54, 1.807) is 0 Å². The average Bonchev–Trinajstić information content (AvgIpc) is 2.61. The van der Waals surface area contributed by atoms with Crippen molar-refractivity contribution in [3.05, 3.63) is 71.8 Å². The van der Waals surface area contributed by atoms with Crippen LogP contribution in [0.5, 0.6) is 0 Å². The molecular weight excluding hydrogens is 302 g/mol. The molecule has 2 aromatic rings. The second-order valence-corrected chi connectivity index (χ2v) is 5.88. The van der Waals surface area contributed by atoms with Crippen LogP contribution >= 0.6 is 0 Å². The molecule has 3 rings (SSSR count). The largest absolute Gasteiger partial charge is 0.354 e. The van der Waals surface area contributed by atoms with Gasteiger partial charge in [0, 0.05) is 13.1 Å². The molecule has 1 fully saturated rings. The maximum absolute atomic E-state index is 12.5. The lowest BCUT2D eigenvalue weighted by Gasteiger charge is -2.27. The Balaban J connectivity index is 1.72. The minimum atomic E-state index is -0.196. The summed E-state index contributed by atoms with van der Waals surface area (Å²) < 4.78 is 0. The van der Waals surface area contributed by atoms with E-state index in [4.69, 9.17) is 0 Å². The van der Waals surface area contributed by atoms with Crippen LogP contribution in [-0.2, 0) is 9.59 Å². The zero-order valence-electron chi connectivity index (χ0n) is 13.4. The van der Waals surface area contributed by atoms with Gasteiger partial charge in [-0.1, -0.05) is 60.7 Å². The normalized spacial score (nSPS) is 15.1. The van der Waals surface area contributed by atoms with E-state index in [9.17, 15) is 9.59 Å². The van der Waals surface area contributed by atoms with E-state index in [1.165, 1.54) is 0 Å². The number of rotatable bonds is 5. The molecule has 1 aliphatic rings. The molecule has 0 atom stereocenters. The first-order chi connectivity index (χ1) is 11.7. The van der Waals surface area contributed by atoms with E-state index in [0.29, 0.717) is 13.1 Å². The Hall–Kier alpha value is -2.66. The average molecular weight is 323 g/mol. The van der Waals surface area contributed by atoms with E-state index in [1.807, 2.05) is 65.6 Å². The highest BCUT2D eigenvalue weighted by molar-refractivity contribution is 5.82. The summed E-state index contributed by atoms with van der Waals surface area (Å²) in [4.78, 5) is 25.8. The predicted molar refractivity (Wildman–Crippen MR) is 92.3 cm³/mol. The van der Waals surface area contributed by atoms with E-state index in [0.717, 1.165) is 11.1 Å². The second kappa shape index (κ2) is 7.75. The summed E-state index contributed by atoms with van der Waals surface area (Å²) in [5.74, 6) is -0.112. The molecule has 2 N–H and O–H groups in total. The Morgan fingerprint density at radius 3 is 2.17 bits per heavy atom. The highest BCUT2D eigenvalue weighted by Crippen LogP contribution is 2.21. The molecule has 0 aromatic heterocycles. The number of carbonyl (C=O) groups is 2. The van der Waals surface area contributed by atoms with Crippen LogP contribution in [-0.4, -0.2) is 42.9 Å². The van der Waals surface area contributed by atoms with Gasteiger partial charge in [-0.25, -0.2) is 0 Å². The molecule has 1 saturated heterocycles. The standard InChI is InChI=1S/C19H21N3O2/c23-17-13-22(12-11-20-17)14-18(24)21-19(15-7-3-1-4-8-15)16-9-5-2-6-10-16/h1-10,19H,11-14H2,(H,20,23)(H,21,24). The van der Waals surface area contributed by atoms with Crippen LogP contribution in [0.25, 0.3) is 0 Å². The van der Waals surface area contributed by atoms with Gasteiger partial charge in [0.15, 0.2) is 0 Å². The number of hydrogen-bond donors (Lipinski definition) is 2. The SMILES string of the molecule is O=C1CN(CC(=O)NC(c2ccccc2)c2ccccc2)CCN1. The van der Waals surface area contributed by atoms with Gasteiger partial charge >= 0.3 is 0 Å². The zero-order valence-corrected chi connectivity index (χ0v) is 13.4. The van der Waals surface area contributed by atoms with Crippen molar-refractivity contribution < 1.29 is 9.59 Å². The highest BCUT2D eigenvalue weighted by Gasteiger charge is 2.21. The molecular formula is C19H21N3O2. The van der Waals surface area contributed by atoms with Crippen LogP contribution < -0.4 is 10.6 Å². The number of piperazine rings is 1. The minimum Gasteiger partial charge on any atom is -0.354 e. The van der Waals surface area contributed by atoms with Gasteiger partial charge in [0.05, 0.1) is 19.1 Å². The number of amides is 2. The van der Waals surface area contributed by atoms with E-state index in [-0.39, 0.29) is 30.9 Å². The van der Waals surface area contributed by atoms with Crippen molar-refractivity contribution in [3.63, 3.8) is 0 Å². The quantitative estimate of drug-likeness (QED) is 0.872. The monoisotopic (exact) mass is 323 g/mol. The first-order valence-electron chi connectivity index (χ1n) is 8.10. The van der Waals surface area contributed by atoms with Gasteiger partial charge in [-0.3, -0.25) is 14.5 Å². The lowest BCUT2D eigenvalue weighted by atomic mass is 9.99. The van der Waals surface area contributed by atoms with Crippen LogP contribution in [0, 0.1) is 0 Å². The number of carbonyl (C=O) groups excluding carboxylic acids is 2. The molecule has 0 spiro atoms. The molecule has 124 valence electrons. The Bertz CT molecular complexity index is 649. The van der Waals surface area contributed by atoms with Gasteiger partial charge in [0.25, 0.3) is 0 Å². The smallest absolute Gasteiger partial charge is 0.234 e. The van der Waals surface area contributed by atoms with Crippen molar-refractivity contribution in [1.29, 1.82) is 0 Å². The second-order valence-electron chi connectivity index (χ2n) is 5.88. The Morgan fingerprint density at radius 2 is 1.62 bits per heavy atom. The van der Waals surface area contributed by atoms with Gasteiger partial charge in [0.1, 0.15) is 0 Å². The van der Waals surface area contributed by atoms with Crippen molar-refractivity contribution in [3.8, 4) is 0 Å². The fourth-order valence-corrected chi connectivity index (χ4v) is 2.89. The number of benzene rings is 2. The third-order valence-corrected chi connectivity index (χ3v) is 4.06. The van der Waals surface area contributed by atoms with Gasteiger partial charge in [-0.05, 0) is 11.1 Å². The van der Waals surface area contributed by atoms with Crippen molar-refractivity contribution in [2.45, 2.75) is 6.04 Å². The maximum Gasteiger partial charge on any atom is 0.234 e. The lowest BCUT2D eigenvalue weighted by Crippen LogP contribution is -2.50. The van der Waals surface area contributed by atoms with Crippen molar-refractivity contribution in [2.75, 3.05) is 26.2 Å². The van der Waals surface area contributed by atoms with Crippen LogP contribution in [0.2, 0.25) is 0 Å². The Labute approximate surface area is 141 Å². The Kier molecular flexibility index (Phi) is 5.23. The van der Waals surface area contributed by atoms with E-state index in [2.05, 4.69) is 10.6 Å². The molecule has 0 radical (unpaired) electrons. The first kappa shape index (κ1) is 16.2. The molecule has 0 saturated carbocycles. The first-order valence-corrected chi connectivity index (χ1v) is 8.10. The van der Waals surface area contributed by atoms with Gasteiger partial charge < -0.3 is 10.6 Å². The molecule has 1 aliphatic heterocycles. The Morgan fingerprint density at radius 1 is 1.04 bits per heavy atom. The van der Waals surface area contributed by atoms with Crippen molar-refractivity contribution in [1.82, 2.24) is 15.5 Å². The summed E-state index contributed by atoms with van der Waals surface area (Å²) >= 11 is 0. The molecule has 0 aliphatic carbocycles. The third kappa shape index (κ3) is 4.20. The summed E-state index contributed by atoms with van der Waals surface area (Å²) in [5.41, 5.74) is 2.07. The fourth-order valence-electron chi connectivity index (χ4n) is 2.89. The zero-order chi connectivity index (χ0) is 16.8. The molecule has 0 unspecified atom stereocenters.